The number of aromatic amines is 1. The lowest BCUT2D eigenvalue weighted by Crippen LogP contribution is -1.95. The molecule has 19 heavy (non-hydrogen) atoms. The summed E-state index contributed by atoms with van der Waals surface area (Å²) in [6, 6.07) is 14.6. The molecule has 0 amide bonds. The number of fused-ring (bicyclic) bond motifs is 1. The minimum absolute atomic E-state index is 0.689. The molecule has 1 aliphatic carbocycles. The number of hydrogen-bond donors (Lipinski definition) is 2. The van der Waals surface area contributed by atoms with E-state index >= 15 is 0 Å². The van der Waals surface area contributed by atoms with Crippen LogP contribution in [0.4, 0.5) is 11.5 Å². The third-order valence-corrected chi connectivity index (χ3v) is 3.59. The zero-order valence-electron chi connectivity index (χ0n) is 10.6. The van der Waals surface area contributed by atoms with E-state index in [1.54, 1.807) is 0 Å². The molecule has 4 rings (SSSR count). The number of benzene rings is 1. The van der Waals surface area contributed by atoms with E-state index < -0.39 is 0 Å². The van der Waals surface area contributed by atoms with Crippen molar-refractivity contribution >= 4 is 22.4 Å². The monoisotopic (exact) mass is 249 g/mol. The third-order valence-electron chi connectivity index (χ3n) is 3.59. The van der Waals surface area contributed by atoms with Gasteiger partial charge in [-0.3, -0.25) is 0 Å². The number of nitrogens with zero attached hydrogens (tertiary/aromatic N) is 1. The molecule has 0 atom stereocenters. The summed E-state index contributed by atoms with van der Waals surface area (Å²) in [6.45, 7) is 0. The first-order chi connectivity index (χ1) is 9.38. The Morgan fingerprint density at radius 2 is 2.05 bits per heavy atom. The number of anilines is 2. The van der Waals surface area contributed by atoms with E-state index in [0.29, 0.717) is 5.92 Å². The van der Waals surface area contributed by atoms with Gasteiger partial charge in [0.1, 0.15) is 5.82 Å². The normalized spacial score (nSPS) is 14.7. The lowest BCUT2D eigenvalue weighted by atomic mass is 10.2. The fourth-order valence-electron chi connectivity index (χ4n) is 2.41. The molecule has 0 saturated heterocycles. The molecule has 2 heterocycles. The largest absolute Gasteiger partial charge is 0.361 e. The molecule has 2 aromatic heterocycles. The highest BCUT2D eigenvalue weighted by molar-refractivity contribution is 5.83. The Bertz CT molecular complexity index is 725. The highest BCUT2D eigenvalue weighted by Crippen LogP contribution is 2.39. The second kappa shape index (κ2) is 4.12. The van der Waals surface area contributed by atoms with Crippen molar-refractivity contribution in [1.82, 2.24) is 9.97 Å². The van der Waals surface area contributed by atoms with Gasteiger partial charge in [0.05, 0.1) is 0 Å². The molecule has 0 aliphatic heterocycles. The topological polar surface area (TPSA) is 40.7 Å². The smallest absolute Gasteiger partial charge is 0.130 e. The maximum atomic E-state index is 4.68. The van der Waals surface area contributed by atoms with Crippen LogP contribution in [0.1, 0.15) is 24.5 Å². The van der Waals surface area contributed by atoms with Crippen LogP contribution in [0.25, 0.3) is 10.9 Å². The van der Waals surface area contributed by atoms with Gasteiger partial charge in [0.25, 0.3) is 0 Å². The van der Waals surface area contributed by atoms with E-state index in [1.165, 1.54) is 23.9 Å². The SMILES string of the molecule is c1cc(Nc2ccc3[nH]ccc3c2)nc(C2CC2)c1. The molecule has 94 valence electrons. The van der Waals surface area contributed by atoms with Gasteiger partial charge in [0.15, 0.2) is 0 Å². The molecule has 3 heteroatoms. The average Bonchev–Trinajstić information content (AvgIpc) is 3.18. The molecule has 2 N–H and O–H groups in total. The van der Waals surface area contributed by atoms with Crippen LogP contribution >= 0.6 is 0 Å². The van der Waals surface area contributed by atoms with Crippen LogP contribution in [0.5, 0.6) is 0 Å². The maximum absolute atomic E-state index is 4.68. The van der Waals surface area contributed by atoms with Crippen molar-refractivity contribution in [3.05, 3.63) is 54.4 Å². The third kappa shape index (κ3) is 2.08. The van der Waals surface area contributed by atoms with Crippen molar-refractivity contribution in [2.45, 2.75) is 18.8 Å². The molecule has 0 unspecified atom stereocenters. The number of H-pyrrole nitrogens is 1. The lowest BCUT2D eigenvalue weighted by molar-refractivity contribution is 1.03. The fraction of sp³-hybridized carbons (Fsp3) is 0.188. The summed E-state index contributed by atoms with van der Waals surface area (Å²) < 4.78 is 0. The minimum Gasteiger partial charge on any atom is -0.361 e. The standard InChI is InChI=1S/C16H15N3/c1-2-15(11-4-5-11)19-16(3-1)18-13-6-7-14-12(10-13)8-9-17-14/h1-3,6-11,17H,4-5H2,(H,18,19). The summed E-state index contributed by atoms with van der Waals surface area (Å²) in [7, 11) is 0. The zero-order valence-corrected chi connectivity index (χ0v) is 10.6. The van der Waals surface area contributed by atoms with Gasteiger partial charge in [-0.05, 0) is 49.2 Å². The van der Waals surface area contributed by atoms with E-state index in [1.807, 2.05) is 12.3 Å². The number of aromatic nitrogens is 2. The van der Waals surface area contributed by atoms with E-state index in [9.17, 15) is 0 Å². The first kappa shape index (κ1) is 10.6. The Hall–Kier alpha value is -2.29. The predicted molar refractivity (Wildman–Crippen MR) is 77.8 cm³/mol. The predicted octanol–water partition coefficient (Wildman–Crippen LogP) is 4.18. The van der Waals surface area contributed by atoms with Crippen LogP contribution in [0, 0.1) is 0 Å². The fourth-order valence-corrected chi connectivity index (χ4v) is 2.41. The van der Waals surface area contributed by atoms with Gasteiger partial charge in [-0.15, -0.1) is 0 Å². The van der Waals surface area contributed by atoms with Gasteiger partial charge in [-0.2, -0.15) is 0 Å². The maximum Gasteiger partial charge on any atom is 0.130 e. The summed E-state index contributed by atoms with van der Waals surface area (Å²) >= 11 is 0. The first-order valence-electron chi connectivity index (χ1n) is 6.70. The van der Waals surface area contributed by atoms with Gasteiger partial charge < -0.3 is 10.3 Å². The molecule has 3 aromatic rings. The lowest BCUT2D eigenvalue weighted by Gasteiger charge is -2.07. The van der Waals surface area contributed by atoms with Crippen molar-refractivity contribution in [2.75, 3.05) is 5.32 Å². The molecular weight excluding hydrogens is 234 g/mol. The Balaban J connectivity index is 1.64. The number of nitrogens with one attached hydrogen (secondary N) is 2. The minimum atomic E-state index is 0.689. The number of hydrogen-bond acceptors (Lipinski definition) is 2. The molecule has 0 spiro atoms. The van der Waals surface area contributed by atoms with Gasteiger partial charge in [0, 0.05) is 34.4 Å². The van der Waals surface area contributed by atoms with Crippen molar-refractivity contribution in [1.29, 1.82) is 0 Å². The highest BCUT2D eigenvalue weighted by Gasteiger charge is 2.24. The molecule has 3 nitrogen and oxygen atoms in total. The van der Waals surface area contributed by atoms with Gasteiger partial charge >= 0.3 is 0 Å². The summed E-state index contributed by atoms with van der Waals surface area (Å²) in [5.41, 5.74) is 3.45. The van der Waals surface area contributed by atoms with Crippen LogP contribution in [-0.4, -0.2) is 9.97 Å². The highest BCUT2D eigenvalue weighted by atomic mass is 15.0. The summed E-state index contributed by atoms with van der Waals surface area (Å²) in [5, 5.41) is 4.60. The van der Waals surface area contributed by atoms with Crippen LogP contribution < -0.4 is 5.32 Å². The molecule has 1 fully saturated rings. The van der Waals surface area contributed by atoms with Crippen molar-refractivity contribution in [2.24, 2.45) is 0 Å². The van der Waals surface area contributed by atoms with E-state index in [-0.39, 0.29) is 0 Å². The van der Waals surface area contributed by atoms with Gasteiger partial charge in [-0.1, -0.05) is 6.07 Å². The summed E-state index contributed by atoms with van der Waals surface area (Å²) in [6.07, 6.45) is 4.53. The first-order valence-corrected chi connectivity index (χ1v) is 6.70. The van der Waals surface area contributed by atoms with E-state index in [0.717, 1.165) is 17.0 Å². The molecule has 0 radical (unpaired) electrons. The quantitative estimate of drug-likeness (QED) is 0.731. The molecule has 1 aliphatic rings. The number of pyridine rings is 1. The summed E-state index contributed by atoms with van der Waals surface area (Å²) in [5.74, 6) is 1.62. The van der Waals surface area contributed by atoms with Crippen LogP contribution in [0.3, 0.4) is 0 Å². The Morgan fingerprint density at radius 1 is 1.11 bits per heavy atom. The second-order valence-electron chi connectivity index (χ2n) is 5.13. The Labute approximate surface area is 111 Å². The second-order valence-corrected chi connectivity index (χ2v) is 5.13. The van der Waals surface area contributed by atoms with E-state index in [2.05, 4.69) is 51.7 Å². The van der Waals surface area contributed by atoms with Gasteiger partial charge in [-0.25, -0.2) is 4.98 Å². The molecular formula is C16H15N3. The zero-order chi connectivity index (χ0) is 12.7. The van der Waals surface area contributed by atoms with Crippen LogP contribution in [0.2, 0.25) is 0 Å². The summed E-state index contributed by atoms with van der Waals surface area (Å²) in [4.78, 5) is 7.88. The van der Waals surface area contributed by atoms with E-state index in [4.69, 9.17) is 0 Å². The van der Waals surface area contributed by atoms with Crippen LogP contribution in [-0.2, 0) is 0 Å². The van der Waals surface area contributed by atoms with Crippen LogP contribution in [0.15, 0.2) is 48.7 Å². The molecule has 1 aromatic carbocycles. The molecule has 1 saturated carbocycles. The van der Waals surface area contributed by atoms with Gasteiger partial charge in [0.2, 0.25) is 0 Å². The van der Waals surface area contributed by atoms with Crippen molar-refractivity contribution < 1.29 is 0 Å². The number of rotatable bonds is 3. The molecule has 0 bridgehead atoms. The Morgan fingerprint density at radius 3 is 2.95 bits per heavy atom. The van der Waals surface area contributed by atoms with Crippen molar-refractivity contribution in [3.63, 3.8) is 0 Å². The Kier molecular flexibility index (Phi) is 2.30. The van der Waals surface area contributed by atoms with Crippen molar-refractivity contribution in [3.8, 4) is 0 Å². The average molecular weight is 249 g/mol.